The van der Waals surface area contributed by atoms with Crippen LogP contribution in [0.15, 0.2) is 23.1 Å². The van der Waals surface area contributed by atoms with Crippen LogP contribution in [0.4, 0.5) is 0 Å². The zero-order valence-corrected chi connectivity index (χ0v) is 19.9. The molecule has 0 unspecified atom stereocenters. The minimum absolute atomic E-state index is 0.118. The van der Waals surface area contributed by atoms with E-state index < -0.39 is 16.0 Å². The number of primary sulfonamides is 1. The smallest absolute Gasteiger partial charge is 0.356 e. The molecule has 31 heavy (non-hydrogen) atoms. The maximum atomic E-state index is 12.3. The highest BCUT2D eigenvalue weighted by Gasteiger charge is 2.26. The van der Waals surface area contributed by atoms with Crippen molar-refractivity contribution in [2.24, 2.45) is 11.1 Å². The van der Waals surface area contributed by atoms with Gasteiger partial charge in [0.25, 0.3) is 0 Å². The minimum atomic E-state index is -3.88. The molecule has 1 fully saturated rings. The van der Waals surface area contributed by atoms with E-state index in [1.54, 1.807) is 19.1 Å². The number of methoxy groups -OCH3 is 1. The lowest BCUT2D eigenvalue weighted by Crippen LogP contribution is -2.18. The monoisotopic (exact) mass is 447 g/mol. The second kappa shape index (κ2) is 8.74. The molecule has 0 spiro atoms. The third-order valence-electron chi connectivity index (χ3n) is 6.08. The first-order valence-electron chi connectivity index (χ1n) is 10.8. The van der Waals surface area contributed by atoms with Crippen LogP contribution in [-0.4, -0.2) is 31.0 Å². The van der Waals surface area contributed by atoms with Crippen LogP contribution in [0.1, 0.15) is 74.8 Å². The van der Waals surface area contributed by atoms with E-state index >= 15 is 0 Å². The lowest BCUT2D eigenvalue weighted by atomic mass is 9.89. The topological polar surface area (TPSA) is 104 Å². The summed E-state index contributed by atoms with van der Waals surface area (Å²) >= 11 is 0. The van der Waals surface area contributed by atoms with Crippen molar-refractivity contribution < 1.29 is 17.9 Å². The number of hydrogen-bond acceptors (Lipinski definition) is 5. The number of esters is 1. The van der Waals surface area contributed by atoms with E-state index in [1.807, 2.05) is 31.4 Å². The highest BCUT2D eigenvalue weighted by Crippen LogP contribution is 2.34. The van der Waals surface area contributed by atoms with Crippen molar-refractivity contribution >= 4 is 16.0 Å². The van der Waals surface area contributed by atoms with Crippen LogP contribution in [0.2, 0.25) is 0 Å². The van der Waals surface area contributed by atoms with Crippen molar-refractivity contribution in [2.75, 3.05) is 7.11 Å². The molecule has 1 saturated carbocycles. The van der Waals surface area contributed by atoms with E-state index in [-0.39, 0.29) is 16.0 Å². The molecule has 1 aliphatic carbocycles. The van der Waals surface area contributed by atoms with Gasteiger partial charge in [-0.15, -0.1) is 0 Å². The van der Waals surface area contributed by atoms with Gasteiger partial charge in [-0.25, -0.2) is 23.3 Å². The number of rotatable bonds is 5. The largest absolute Gasteiger partial charge is 0.464 e. The van der Waals surface area contributed by atoms with Gasteiger partial charge in [0.15, 0.2) is 0 Å². The normalized spacial score (nSPS) is 15.8. The Morgan fingerprint density at radius 2 is 1.84 bits per heavy atom. The first-order chi connectivity index (χ1) is 14.4. The number of carbonyl (C=O) groups is 1. The molecule has 7 nitrogen and oxygen atoms in total. The highest BCUT2D eigenvalue weighted by molar-refractivity contribution is 7.89. The third-order valence-corrected chi connectivity index (χ3v) is 7.10. The number of hydrogen-bond donors (Lipinski definition) is 1. The fourth-order valence-corrected chi connectivity index (χ4v) is 5.08. The first-order valence-corrected chi connectivity index (χ1v) is 12.3. The Labute approximate surface area is 185 Å². The molecule has 0 amide bonds. The number of ether oxygens (including phenoxy) is 1. The summed E-state index contributed by atoms with van der Waals surface area (Å²) < 4.78 is 31.5. The van der Waals surface area contributed by atoms with Gasteiger partial charge < -0.3 is 9.30 Å². The molecule has 1 aliphatic rings. The van der Waals surface area contributed by atoms with Crippen molar-refractivity contribution in [3.8, 4) is 11.3 Å². The molecule has 3 rings (SSSR count). The summed E-state index contributed by atoms with van der Waals surface area (Å²) in [5, 5.41) is 5.52. The van der Waals surface area contributed by atoms with Crippen molar-refractivity contribution in [1.82, 2.24) is 9.55 Å². The number of carbonyl (C=O) groups excluding carboxylic acids is 1. The summed E-state index contributed by atoms with van der Waals surface area (Å²) in [6.45, 7) is 8.56. The average molecular weight is 448 g/mol. The van der Waals surface area contributed by atoms with E-state index in [0.717, 1.165) is 36.3 Å². The molecule has 0 radical (unpaired) electrons. The predicted molar refractivity (Wildman–Crippen MR) is 120 cm³/mol. The average Bonchev–Trinajstić information content (AvgIpc) is 3.04. The van der Waals surface area contributed by atoms with E-state index in [0.29, 0.717) is 11.6 Å². The van der Waals surface area contributed by atoms with E-state index in [4.69, 9.17) is 9.88 Å². The molecule has 2 heterocycles. The molecule has 0 atom stereocenters. The van der Waals surface area contributed by atoms with E-state index in [2.05, 4.69) is 4.98 Å². The van der Waals surface area contributed by atoms with Gasteiger partial charge in [0.2, 0.25) is 10.0 Å². The first kappa shape index (κ1) is 23.5. The molecule has 0 saturated heterocycles. The third kappa shape index (κ3) is 5.18. The molecule has 8 heteroatoms. The summed E-state index contributed by atoms with van der Waals surface area (Å²) in [5.41, 5.74) is 2.70. The Morgan fingerprint density at radius 3 is 2.39 bits per heavy atom. The lowest BCUT2D eigenvalue weighted by molar-refractivity contribution is 0.0593. The Kier molecular flexibility index (Phi) is 6.62. The minimum Gasteiger partial charge on any atom is -0.464 e. The Morgan fingerprint density at radius 1 is 1.19 bits per heavy atom. The van der Waals surface area contributed by atoms with Gasteiger partial charge in [0.05, 0.1) is 7.11 Å². The van der Waals surface area contributed by atoms with Gasteiger partial charge in [0.1, 0.15) is 10.6 Å². The molecule has 2 aromatic heterocycles. The van der Waals surface area contributed by atoms with Crippen molar-refractivity contribution in [3.05, 3.63) is 35.3 Å². The second-order valence-corrected chi connectivity index (χ2v) is 11.0. The van der Waals surface area contributed by atoms with E-state index in [9.17, 15) is 13.2 Å². The second-order valence-electron chi connectivity index (χ2n) is 9.51. The van der Waals surface area contributed by atoms with Gasteiger partial charge in [-0.1, -0.05) is 40.0 Å². The fourth-order valence-electron chi connectivity index (χ4n) is 4.28. The summed E-state index contributed by atoms with van der Waals surface area (Å²) in [4.78, 5) is 16.9. The SMILES string of the molecule is COC(=O)c1cc(-c2cc(S(N)(=O)=O)c(C)n2CC2CCCCC2)cc(C(C)(C)C)n1. The summed E-state index contributed by atoms with van der Waals surface area (Å²) in [6.07, 6.45) is 5.88. The number of pyridine rings is 1. The summed E-state index contributed by atoms with van der Waals surface area (Å²) in [5.74, 6) is -0.0444. The molecule has 0 bridgehead atoms. The van der Waals surface area contributed by atoms with Crippen molar-refractivity contribution in [3.63, 3.8) is 0 Å². The van der Waals surface area contributed by atoms with Crippen molar-refractivity contribution in [2.45, 2.75) is 76.7 Å². The maximum Gasteiger partial charge on any atom is 0.356 e. The van der Waals surface area contributed by atoms with Crippen LogP contribution >= 0.6 is 0 Å². The van der Waals surface area contributed by atoms with Gasteiger partial charge in [-0.05, 0) is 43.9 Å². The summed E-state index contributed by atoms with van der Waals surface area (Å²) in [7, 11) is -2.56. The van der Waals surface area contributed by atoms with Crippen LogP contribution in [0.3, 0.4) is 0 Å². The summed E-state index contributed by atoms with van der Waals surface area (Å²) in [6, 6.07) is 5.21. The van der Waals surface area contributed by atoms with Gasteiger partial charge in [-0.3, -0.25) is 0 Å². The lowest BCUT2D eigenvalue weighted by Gasteiger charge is -2.25. The maximum absolute atomic E-state index is 12.3. The van der Waals surface area contributed by atoms with Crippen LogP contribution in [0, 0.1) is 12.8 Å². The molecular weight excluding hydrogens is 414 g/mol. The fraction of sp³-hybridized carbons (Fsp3) is 0.565. The van der Waals surface area contributed by atoms with Crippen LogP contribution in [0.25, 0.3) is 11.3 Å². The number of nitrogens with two attached hydrogens (primary N) is 1. The number of aromatic nitrogens is 2. The zero-order valence-electron chi connectivity index (χ0n) is 19.1. The number of nitrogens with zero attached hydrogens (tertiary/aromatic N) is 2. The molecule has 0 aliphatic heterocycles. The Hall–Kier alpha value is -2.19. The predicted octanol–water partition coefficient (Wildman–Crippen LogP) is 4.17. The van der Waals surface area contributed by atoms with Gasteiger partial charge >= 0.3 is 5.97 Å². The van der Waals surface area contributed by atoms with Gasteiger partial charge in [0, 0.05) is 34.6 Å². The Balaban J connectivity index is 2.21. The molecule has 2 N–H and O–H groups in total. The molecule has 0 aromatic carbocycles. The van der Waals surface area contributed by atoms with Gasteiger partial charge in [-0.2, -0.15) is 0 Å². The Bertz CT molecular complexity index is 1070. The quantitative estimate of drug-likeness (QED) is 0.693. The molecular formula is C23H33N3O4S. The zero-order chi connectivity index (χ0) is 23.0. The standard InChI is InChI=1S/C23H33N3O4S/c1-15-20(31(24,28)29)13-19(26(15)14-16-9-7-6-8-10-16)17-11-18(22(27)30-5)25-21(12-17)23(2,3)4/h11-13,16H,6-10,14H2,1-5H3,(H2,24,28,29). The van der Waals surface area contributed by atoms with Crippen LogP contribution < -0.4 is 5.14 Å². The molecule has 2 aromatic rings. The van der Waals surface area contributed by atoms with E-state index in [1.165, 1.54) is 26.4 Å². The highest BCUT2D eigenvalue weighted by atomic mass is 32.2. The number of sulfonamides is 1. The molecule has 170 valence electrons. The van der Waals surface area contributed by atoms with Crippen LogP contribution in [0.5, 0.6) is 0 Å². The van der Waals surface area contributed by atoms with Crippen LogP contribution in [-0.2, 0) is 26.7 Å². The van der Waals surface area contributed by atoms with Crippen molar-refractivity contribution in [1.29, 1.82) is 0 Å².